The van der Waals surface area contributed by atoms with Crippen molar-refractivity contribution >= 4 is 27.0 Å². The summed E-state index contributed by atoms with van der Waals surface area (Å²) >= 11 is 3.42. The van der Waals surface area contributed by atoms with Gasteiger partial charge in [-0.15, -0.1) is 0 Å². The van der Waals surface area contributed by atoms with E-state index in [0.29, 0.717) is 12.3 Å². The first-order valence-electron chi connectivity index (χ1n) is 5.94. The van der Waals surface area contributed by atoms with Crippen LogP contribution in [0.5, 0.6) is 0 Å². The summed E-state index contributed by atoms with van der Waals surface area (Å²) in [5.41, 5.74) is 2.12. The van der Waals surface area contributed by atoms with Crippen LogP contribution in [0.15, 0.2) is 27.5 Å². The SMILES string of the molecule is Cn1c(=O)c(C2CCCO2)nc2cc(Br)ccc21. The number of rotatable bonds is 1. The van der Waals surface area contributed by atoms with Gasteiger partial charge >= 0.3 is 0 Å². The van der Waals surface area contributed by atoms with Gasteiger partial charge in [-0.2, -0.15) is 0 Å². The van der Waals surface area contributed by atoms with Crippen LogP contribution in [0, 0.1) is 0 Å². The van der Waals surface area contributed by atoms with Crippen molar-refractivity contribution in [2.24, 2.45) is 7.05 Å². The van der Waals surface area contributed by atoms with Crippen molar-refractivity contribution in [1.29, 1.82) is 0 Å². The van der Waals surface area contributed by atoms with Gasteiger partial charge in [0.2, 0.25) is 0 Å². The number of hydrogen-bond acceptors (Lipinski definition) is 3. The number of aryl methyl sites for hydroxylation is 1. The zero-order valence-electron chi connectivity index (χ0n) is 10.0. The Hall–Kier alpha value is -1.20. The lowest BCUT2D eigenvalue weighted by atomic mass is 10.1. The highest BCUT2D eigenvalue weighted by Gasteiger charge is 2.23. The number of halogens is 1. The summed E-state index contributed by atoms with van der Waals surface area (Å²) in [6, 6.07) is 5.73. The van der Waals surface area contributed by atoms with E-state index in [-0.39, 0.29) is 11.7 Å². The van der Waals surface area contributed by atoms with Gasteiger partial charge in [-0.05, 0) is 31.0 Å². The molecule has 0 bridgehead atoms. The lowest BCUT2D eigenvalue weighted by Crippen LogP contribution is -2.25. The minimum atomic E-state index is -0.146. The van der Waals surface area contributed by atoms with Gasteiger partial charge in [0.1, 0.15) is 11.8 Å². The molecule has 0 aliphatic carbocycles. The second-order valence-corrected chi connectivity index (χ2v) is 5.41. The van der Waals surface area contributed by atoms with Crippen LogP contribution in [0.4, 0.5) is 0 Å². The Bertz CT molecular complexity index is 660. The molecule has 4 nitrogen and oxygen atoms in total. The van der Waals surface area contributed by atoms with Crippen LogP contribution in [-0.2, 0) is 11.8 Å². The number of fused-ring (bicyclic) bond motifs is 1. The Morgan fingerprint density at radius 1 is 1.50 bits per heavy atom. The summed E-state index contributed by atoms with van der Waals surface area (Å²) in [5.74, 6) is 0. The quantitative estimate of drug-likeness (QED) is 0.813. The highest BCUT2D eigenvalue weighted by atomic mass is 79.9. The fourth-order valence-electron chi connectivity index (χ4n) is 2.33. The fourth-order valence-corrected chi connectivity index (χ4v) is 2.68. The van der Waals surface area contributed by atoms with Gasteiger partial charge in [0.15, 0.2) is 0 Å². The molecular weight excluding hydrogens is 296 g/mol. The molecule has 1 fully saturated rings. The topological polar surface area (TPSA) is 44.1 Å². The number of aromatic nitrogens is 2. The van der Waals surface area contributed by atoms with Gasteiger partial charge in [0, 0.05) is 18.1 Å². The summed E-state index contributed by atoms with van der Waals surface area (Å²) < 4.78 is 8.17. The molecule has 0 amide bonds. The predicted molar refractivity (Wildman–Crippen MR) is 72.6 cm³/mol. The molecule has 1 saturated heterocycles. The summed E-state index contributed by atoms with van der Waals surface area (Å²) in [6.45, 7) is 0.714. The van der Waals surface area contributed by atoms with Crippen LogP contribution in [0.1, 0.15) is 24.6 Å². The molecule has 2 heterocycles. The van der Waals surface area contributed by atoms with Gasteiger partial charge in [-0.1, -0.05) is 15.9 Å². The molecule has 0 N–H and O–H groups in total. The van der Waals surface area contributed by atoms with E-state index in [9.17, 15) is 4.79 Å². The zero-order valence-corrected chi connectivity index (χ0v) is 11.6. The molecule has 1 atom stereocenters. The van der Waals surface area contributed by atoms with Gasteiger partial charge in [-0.25, -0.2) is 4.98 Å². The monoisotopic (exact) mass is 308 g/mol. The van der Waals surface area contributed by atoms with Gasteiger partial charge in [0.05, 0.1) is 11.0 Å². The van der Waals surface area contributed by atoms with Crippen molar-refractivity contribution in [2.45, 2.75) is 18.9 Å². The second kappa shape index (κ2) is 4.48. The summed E-state index contributed by atoms with van der Waals surface area (Å²) in [6.07, 6.45) is 1.72. The normalized spacial score (nSPS) is 19.6. The Kier molecular flexibility index (Phi) is 2.95. The molecule has 0 radical (unpaired) electrons. The van der Waals surface area contributed by atoms with Gasteiger partial charge in [-0.3, -0.25) is 4.79 Å². The smallest absolute Gasteiger partial charge is 0.275 e. The number of ether oxygens (including phenoxy) is 1. The molecule has 18 heavy (non-hydrogen) atoms. The van der Waals surface area contributed by atoms with E-state index in [1.165, 1.54) is 0 Å². The van der Waals surface area contributed by atoms with Gasteiger partial charge in [0.25, 0.3) is 5.56 Å². The van der Waals surface area contributed by atoms with Crippen molar-refractivity contribution in [3.63, 3.8) is 0 Å². The summed E-state index contributed by atoms with van der Waals surface area (Å²) in [7, 11) is 1.78. The first-order valence-corrected chi connectivity index (χ1v) is 6.74. The molecule has 5 heteroatoms. The Morgan fingerprint density at radius 2 is 2.33 bits per heavy atom. The molecule has 0 spiro atoms. The first kappa shape index (κ1) is 11.9. The van der Waals surface area contributed by atoms with E-state index in [1.54, 1.807) is 11.6 Å². The number of nitrogens with zero attached hydrogens (tertiary/aromatic N) is 2. The highest BCUT2D eigenvalue weighted by Crippen LogP contribution is 2.26. The third kappa shape index (κ3) is 1.87. The first-order chi connectivity index (χ1) is 8.66. The van der Waals surface area contributed by atoms with Gasteiger partial charge < -0.3 is 9.30 Å². The number of benzene rings is 1. The van der Waals surface area contributed by atoms with E-state index in [0.717, 1.165) is 28.3 Å². The Morgan fingerprint density at radius 3 is 3.06 bits per heavy atom. The van der Waals surface area contributed by atoms with Crippen molar-refractivity contribution in [3.05, 3.63) is 38.7 Å². The minimum absolute atomic E-state index is 0.0586. The van der Waals surface area contributed by atoms with Crippen molar-refractivity contribution < 1.29 is 4.74 Å². The van der Waals surface area contributed by atoms with E-state index in [1.807, 2.05) is 18.2 Å². The lowest BCUT2D eigenvalue weighted by molar-refractivity contribution is 0.107. The maximum Gasteiger partial charge on any atom is 0.275 e. The van der Waals surface area contributed by atoms with Crippen molar-refractivity contribution in [2.75, 3.05) is 6.61 Å². The average Bonchev–Trinajstić information content (AvgIpc) is 2.87. The minimum Gasteiger partial charge on any atom is -0.372 e. The van der Waals surface area contributed by atoms with Crippen molar-refractivity contribution in [1.82, 2.24) is 9.55 Å². The molecule has 1 unspecified atom stereocenters. The fraction of sp³-hybridized carbons (Fsp3) is 0.385. The molecule has 1 aliphatic rings. The van der Waals surface area contributed by atoms with Crippen LogP contribution in [-0.4, -0.2) is 16.2 Å². The molecule has 0 saturated carbocycles. The van der Waals surface area contributed by atoms with Crippen LogP contribution in [0.3, 0.4) is 0 Å². The molecule has 1 aromatic carbocycles. The van der Waals surface area contributed by atoms with Crippen LogP contribution in [0.25, 0.3) is 11.0 Å². The summed E-state index contributed by atoms with van der Waals surface area (Å²) in [4.78, 5) is 16.8. The molecule has 2 aromatic rings. The van der Waals surface area contributed by atoms with E-state index in [4.69, 9.17) is 4.74 Å². The lowest BCUT2D eigenvalue weighted by Gasteiger charge is -2.12. The maximum absolute atomic E-state index is 12.3. The zero-order chi connectivity index (χ0) is 12.7. The third-order valence-corrected chi connectivity index (χ3v) is 3.79. The van der Waals surface area contributed by atoms with Crippen LogP contribution < -0.4 is 5.56 Å². The molecular formula is C13H13BrN2O2. The standard InChI is InChI=1S/C13H13BrN2O2/c1-16-10-5-4-8(14)7-9(10)15-12(13(16)17)11-3-2-6-18-11/h4-5,7,11H,2-3,6H2,1H3. The largest absolute Gasteiger partial charge is 0.372 e. The third-order valence-electron chi connectivity index (χ3n) is 3.30. The van der Waals surface area contributed by atoms with Crippen LogP contribution >= 0.6 is 15.9 Å². The average molecular weight is 309 g/mol. The number of hydrogen-bond donors (Lipinski definition) is 0. The predicted octanol–water partition coefficient (Wildman–Crippen LogP) is 2.55. The second-order valence-electron chi connectivity index (χ2n) is 4.50. The van der Waals surface area contributed by atoms with E-state index < -0.39 is 0 Å². The van der Waals surface area contributed by atoms with E-state index >= 15 is 0 Å². The highest BCUT2D eigenvalue weighted by molar-refractivity contribution is 9.10. The molecule has 1 aliphatic heterocycles. The Labute approximate surface area is 113 Å². The van der Waals surface area contributed by atoms with E-state index in [2.05, 4.69) is 20.9 Å². The maximum atomic E-state index is 12.3. The Balaban J connectivity index is 2.26. The molecule has 3 rings (SSSR count). The summed E-state index contributed by atoms with van der Waals surface area (Å²) in [5, 5.41) is 0. The van der Waals surface area contributed by atoms with Crippen molar-refractivity contribution in [3.8, 4) is 0 Å². The molecule has 1 aromatic heterocycles. The van der Waals surface area contributed by atoms with Crippen LogP contribution in [0.2, 0.25) is 0 Å². The molecule has 94 valence electrons.